The first-order valence-corrected chi connectivity index (χ1v) is 4.91. The summed E-state index contributed by atoms with van der Waals surface area (Å²) in [5, 5.41) is 0. The van der Waals surface area contributed by atoms with Crippen molar-refractivity contribution in [2.24, 2.45) is 11.7 Å². The molecule has 0 aromatic carbocycles. The van der Waals surface area contributed by atoms with Gasteiger partial charge >= 0.3 is 0 Å². The number of rotatable bonds is 4. The maximum Gasteiger partial charge on any atom is 0.216 e. The zero-order chi connectivity index (χ0) is 9.97. The molecule has 1 saturated carbocycles. The van der Waals surface area contributed by atoms with Gasteiger partial charge < -0.3 is 10.5 Å². The molecule has 0 spiro atoms. The number of nitrogens with zero attached hydrogens (tertiary/aromatic N) is 2. The van der Waals surface area contributed by atoms with Crippen LogP contribution >= 0.6 is 0 Å². The molecule has 1 aromatic heterocycles. The highest BCUT2D eigenvalue weighted by Crippen LogP contribution is 2.32. The third-order valence-electron chi connectivity index (χ3n) is 2.53. The molecular weight excluding hydrogens is 178 g/mol. The first kappa shape index (κ1) is 9.40. The molecule has 14 heavy (non-hydrogen) atoms. The summed E-state index contributed by atoms with van der Waals surface area (Å²) < 4.78 is 5.02. The molecule has 1 atom stereocenters. The van der Waals surface area contributed by atoms with E-state index in [2.05, 4.69) is 9.97 Å². The van der Waals surface area contributed by atoms with Gasteiger partial charge in [-0.05, 0) is 18.8 Å². The Morgan fingerprint density at radius 1 is 1.64 bits per heavy atom. The Morgan fingerprint density at radius 3 is 3.07 bits per heavy atom. The summed E-state index contributed by atoms with van der Waals surface area (Å²) in [4.78, 5) is 8.39. The van der Waals surface area contributed by atoms with Crippen LogP contribution < -0.4 is 10.5 Å². The molecule has 0 radical (unpaired) electrons. The molecule has 0 saturated heterocycles. The Balaban J connectivity index is 2.00. The van der Waals surface area contributed by atoms with Gasteiger partial charge in [0.2, 0.25) is 5.88 Å². The zero-order valence-electron chi connectivity index (χ0n) is 8.31. The van der Waals surface area contributed by atoms with Gasteiger partial charge in [0.25, 0.3) is 0 Å². The normalized spacial score (nSPS) is 17.9. The second-order valence-corrected chi connectivity index (χ2v) is 3.72. The highest BCUT2D eigenvalue weighted by atomic mass is 16.5. The summed E-state index contributed by atoms with van der Waals surface area (Å²) in [7, 11) is 1.60. The zero-order valence-corrected chi connectivity index (χ0v) is 8.31. The standard InChI is InChI=1S/C10H15N3O/c1-14-10-4-5-12-9(13-10)6-8(11)7-2-3-7/h4-5,7-8H,2-3,6,11H2,1H3. The second-order valence-electron chi connectivity index (χ2n) is 3.72. The fraction of sp³-hybridized carbons (Fsp3) is 0.600. The van der Waals surface area contributed by atoms with Crippen LogP contribution in [0.3, 0.4) is 0 Å². The van der Waals surface area contributed by atoms with Gasteiger partial charge in [0.1, 0.15) is 5.82 Å². The van der Waals surface area contributed by atoms with E-state index in [-0.39, 0.29) is 6.04 Å². The summed E-state index contributed by atoms with van der Waals surface area (Å²) in [6.45, 7) is 0. The molecule has 1 unspecified atom stereocenters. The van der Waals surface area contributed by atoms with E-state index in [1.807, 2.05) is 0 Å². The van der Waals surface area contributed by atoms with E-state index in [9.17, 15) is 0 Å². The summed E-state index contributed by atoms with van der Waals surface area (Å²) in [5.74, 6) is 2.08. The Hall–Kier alpha value is -1.16. The van der Waals surface area contributed by atoms with E-state index in [4.69, 9.17) is 10.5 Å². The topological polar surface area (TPSA) is 61.0 Å². The van der Waals surface area contributed by atoms with Crippen LogP contribution in [0.4, 0.5) is 0 Å². The molecule has 1 aliphatic rings. The van der Waals surface area contributed by atoms with Gasteiger partial charge in [-0.3, -0.25) is 0 Å². The number of aromatic nitrogens is 2. The molecule has 1 fully saturated rings. The van der Waals surface area contributed by atoms with Gasteiger partial charge in [-0.15, -0.1) is 0 Å². The van der Waals surface area contributed by atoms with Crippen LogP contribution in [0, 0.1) is 5.92 Å². The lowest BCUT2D eigenvalue weighted by atomic mass is 10.1. The molecule has 4 heteroatoms. The van der Waals surface area contributed by atoms with Crippen LogP contribution in [0.25, 0.3) is 0 Å². The minimum Gasteiger partial charge on any atom is -0.481 e. The van der Waals surface area contributed by atoms with Crippen molar-refractivity contribution in [1.29, 1.82) is 0 Å². The lowest BCUT2D eigenvalue weighted by Gasteiger charge is -2.08. The van der Waals surface area contributed by atoms with Crippen molar-refractivity contribution < 1.29 is 4.74 Å². The van der Waals surface area contributed by atoms with Crippen molar-refractivity contribution in [3.8, 4) is 5.88 Å². The number of nitrogens with two attached hydrogens (primary N) is 1. The molecule has 0 bridgehead atoms. The van der Waals surface area contributed by atoms with Crippen LogP contribution in [0.5, 0.6) is 5.88 Å². The average Bonchev–Trinajstić information content (AvgIpc) is 3.01. The van der Waals surface area contributed by atoms with Gasteiger partial charge in [0.15, 0.2) is 0 Å². The fourth-order valence-corrected chi connectivity index (χ4v) is 1.49. The monoisotopic (exact) mass is 193 g/mol. The van der Waals surface area contributed by atoms with Crippen molar-refractivity contribution in [3.05, 3.63) is 18.1 Å². The van der Waals surface area contributed by atoms with E-state index in [1.54, 1.807) is 19.4 Å². The molecule has 0 aliphatic heterocycles. The molecule has 1 heterocycles. The second kappa shape index (κ2) is 3.92. The number of methoxy groups -OCH3 is 1. The first-order valence-electron chi connectivity index (χ1n) is 4.91. The van der Waals surface area contributed by atoms with Gasteiger partial charge in [0.05, 0.1) is 7.11 Å². The van der Waals surface area contributed by atoms with E-state index >= 15 is 0 Å². The maximum absolute atomic E-state index is 5.98. The number of ether oxygens (including phenoxy) is 1. The summed E-state index contributed by atoms with van der Waals surface area (Å²) in [6, 6.07) is 1.95. The molecule has 4 nitrogen and oxygen atoms in total. The summed E-state index contributed by atoms with van der Waals surface area (Å²) >= 11 is 0. The minimum absolute atomic E-state index is 0.210. The van der Waals surface area contributed by atoms with Crippen molar-refractivity contribution in [3.63, 3.8) is 0 Å². The third kappa shape index (κ3) is 2.20. The number of hydrogen-bond donors (Lipinski definition) is 1. The Bertz CT molecular complexity index is 312. The van der Waals surface area contributed by atoms with E-state index < -0.39 is 0 Å². The van der Waals surface area contributed by atoms with Crippen molar-refractivity contribution in [2.75, 3.05) is 7.11 Å². The molecule has 1 aliphatic carbocycles. The predicted octanol–water partition coefficient (Wildman–Crippen LogP) is 0.765. The van der Waals surface area contributed by atoms with Crippen LogP contribution in [-0.2, 0) is 6.42 Å². The fourth-order valence-electron chi connectivity index (χ4n) is 1.49. The molecule has 76 valence electrons. The Morgan fingerprint density at radius 2 is 2.43 bits per heavy atom. The summed E-state index contributed by atoms with van der Waals surface area (Å²) in [6.07, 6.45) is 4.97. The smallest absolute Gasteiger partial charge is 0.216 e. The van der Waals surface area contributed by atoms with Crippen molar-refractivity contribution >= 4 is 0 Å². The highest BCUT2D eigenvalue weighted by molar-refractivity contribution is 5.09. The van der Waals surface area contributed by atoms with Crippen LogP contribution in [0.2, 0.25) is 0 Å². The van der Waals surface area contributed by atoms with E-state index in [1.165, 1.54) is 12.8 Å². The Kier molecular flexibility index (Phi) is 2.63. The first-order chi connectivity index (χ1) is 6.79. The number of hydrogen-bond acceptors (Lipinski definition) is 4. The van der Waals surface area contributed by atoms with Crippen molar-refractivity contribution in [2.45, 2.75) is 25.3 Å². The van der Waals surface area contributed by atoms with E-state index in [0.29, 0.717) is 11.8 Å². The molecule has 2 N–H and O–H groups in total. The third-order valence-corrected chi connectivity index (χ3v) is 2.53. The van der Waals surface area contributed by atoms with Crippen molar-refractivity contribution in [1.82, 2.24) is 9.97 Å². The maximum atomic E-state index is 5.98. The minimum atomic E-state index is 0.210. The average molecular weight is 193 g/mol. The highest BCUT2D eigenvalue weighted by Gasteiger charge is 2.28. The quantitative estimate of drug-likeness (QED) is 0.767. The van der Waals surface area contributed by atoms with Gasteiger partial charge in [-0.1, -0.05) is 0 Å². The van der Waals surface area contributed by atoms with Crippen LogP contribution in [0.1, 0.15) is 18.7 Å². The van der Waals surface area contributed by atoms with E-state index in [0.717, 1.165) is 12.2 Å². The molecular formula is C10H15N3O. The van der Waals surface area contributed by atoms with Gasteiger partial charge in [-0.2, -0.15) is 4.98 Å². The van der Waals surface area contributed by atoms with Gasteiger partial charge in [-0.25, -0.2) is 4.98 Å². The SMILES string of the molecule is COc1ccnc(CC(N)C2CC2)n1. The lowest BCUT2D eigenvalue weighted by molar-refractivity contribution is 0.393. The Labute approximate surface area is 83.5 Å². The van der Waals surface area contributed by atoms with Crippen LogP contribution in [0.15, 0.2) is 12.3 Å². The predicted molar refractivity (Wildman–Crippen MR) is 53.0 cm³/mol. The largest absolute Gasteiger partial charge is 0.481 e. The lowest BCUT2D eigenvalue weighted by Crippen LogP contribution is -2.26. The molecule has 1 aromatic rings. The molecule has 0 amide bonds. The van der Waals surface area contributed by atoms with Gasteiger partial charge in [0, 0.05) is 24.7 Å². The summed E-state index contributed by atoms with van der Waals surface area (Å²) in [5.41, 5.74) is 5.98. The van der Waals surface area contributed by atoms with Crippen LogP contribution in [-0.4, -0.2) is 23.1 Å². The molecule has 2 rings (SSSR count).